The van der Waals surface area contributed by atoms with Gasteiger partial charge in [0.25, 0.3) is 0 Å². The second-order valence-electron chi connectivity index (χ2n) is 5.17. The van der Waals surface area contributed by atoms with Gasteiger partial charge in [0, 0.05) is 5.41 Å². The van der Waals surface area contributed by atoms with E-state index in [-0.39, 0.29) is 5.41 Å². The highest BCUT2D eigenvalue weighted by Crippen LogP contribution is 2.43. The maximum Gasteiger partial charge on any atom is 0.303 e. The van der Waals surface area contributed by atoms with Gasteiger partial charge in [-0.05, 0) is 5.56 Å². The smallest absolute Gasteiger partial charge is 0.303 e. The van der Waals surface area contributed by atoms with Gasteiger partial charge in [0.1, 0.15) is 6.04 Å². The Hall–Kier alpha value is -0.940. The van der Waals surface area contributed by atoms with Gasteiger partial charge < -0.3 is 19.9 Å². The fourth-order valence-electron chi connectivity index (χ4n) is 2.21. The Kier molecular flexibility index (Phi) is 2.48. The molecule has 3 heterocycles. The predicted molar refractivity (Wildman–Crippen MR) is 62.1 cm³/mol. The first-order valence-electron chi connectivity index (χ1n) is 5.86. The zero-order chi connectivity index (χ0) is 11.9. The lowest BCUT2D eigenvalue weighted by Gasteiger charge is -2.52. The van der Waals surface area contributed by atoms with Crippen molar-refractivity contribution in [2.75, 3.05) is 19.8 Å². The van der Waals surface area contributed by atoms with Crippen LogP contribution in [-0.2, 0) is 14.2 Å². The third-order valence-electron chi connectivity index (χ3n) is 3.41. The third kappa shape index (κ3) is 1.77. The number of benzene rings is 1. The number of fused-ring (bicyclic) bond motifs is 3. The first-order valence-corrected chi connectivity index (χ1v) is 5.86. The van der Waals surface area contributed by atoms with Crippen molar-refractivity contribution in [1.29, 1.82) is 0 Å². The van der Waals surface area contributed by atoms with Gasteiger partial charge in [-0.2, -0.15) is 0 Å². The Balaban J connectivity index is 1.85. The summed E-state index contributed by atoms with van der Waals surface area (Å²) in [4.78, 5) is 0. The number of rotatable bonds is 2. The summed E-state index contributed by atoms with van der Waals surface area (Å²) < 4.78 is 17.1. The van der Waals surface area contributed by atoms with Crippen molar-refractivity contribution in [2.45, 2.75) is 18.9 Å². The molecule has 4 heteroatoms. The zero-order valence-corrected chi connectivity index (χ0v) is 9.89. The molecule has 0 amide bonds. The molecule has 3 aliphatic heterocycles. The molecular formula is C13H17NO3. The summed E-state index contributed by atoms with van der Waals surface area (Å²) in [7, 11) is 0. The van der Waals surface area contributed by atoms with Crippen LogP contribution in [0.25, 0.3) is 0 Å². The monoisotopic (exact) mass is 235 g/mol. The molecular weight excluding hydrogens is 218 g/mol. The van der Waals surface area contributed by atoms with Gasteiger partial charge in [-0.15, -0.1) is 0 Å². The SMILES string of the molecule is CC12COC([C@H](N)c3ccccc3)(OC1)OC2. The molecule has 0 unspecified atom stereocenters. The second kappa shape index (κ2) is 3.78. The highest BCUT2D eigenvalue weighted by atomic mass is 16.9. The average molecular weight is 235 g/mol. The van der Waals surface area contributed by atoms with E-state index in [9.17, 15) is 0 Å². The standard InChI is InChI=1S/C13H17NO3/c1-12-7-15-13(16-8-12,17-9-12)11(14)10-5-3-2-4-6-10/h2-6,11H,7-9,14H2,1H3/t11-,12?,13?/m1/s1. The lowest BCUT2D eigenvalue weighted by Crippen LogP contribution is -2.62. The average Bonchev–Trinajstić information content (AvgIpc) is 2.40. The number of nitrogens with two attached hydrogens (primary N) is 1. The topological polar surface area (TPSA) is 53.7 Å². The van der Waals surface area contributed by atoms with Gasteiger partial charge in [0.15, 0.2) is 0 Å². The van der Waals surface area contributed by atoms with Gasteiger partial charge in [-0.1, -0.05) is 37.3 Å². The predicted octanol–water partition coefficient (Wildman–Crippen LogP) is 1.42. The molecule has 3 fully saturated rings. The van der Waals surface area contributed by atoms with Crippen molar-refractivity contribution in [3.63, 3.8) is 0 Å². The normalized spacial score (nSPS) is 38.0. The molecule has 4 rings (SSSR count). The van der Waals surface area contributed by atoms with Crippen LogP contribution in [0.15, 0.2) is 30.3 Å². The molecule has 92 valence electrons. The van der Waals surface area contributed by atoms with E-state index in [1.807, 2.05) is 30.3 Å². The van der Waals surface area contributed by atoms with Crippen LogP contribution in [0.1, 0.15) is 18.5 Å². The van der Waals surface area contributed by atoms with Crippen LogP contribution in [0.4, 0.5) is 0 Å². The molecule has 0 aromatic heterocycles. The lowest BCUT2D eigenvalue weighted by atomic mass is 9.90. The van der Waals surface area contributed by atoms with E-state index in [0.717, 1.165) is 5.56 Å². The van der Waals surface area contributed by atoms with E-state index in [4.69, 9.17) is 19.9 Å². The number of hydrogen-bond donors (Lipinski definition) is 1. The minimum Gasteiger partial charge on any atom is -0.325 e. The zero-order valence-electron chi connectivity index (χ0n) is 9.89. The van der Waals surface area contributed by atoms with E-state index in [0.29, 0.717) is 19.8 Å². The van der Waals surface area contributed by atoms with Crippen molar-refractivity contribution < 1.29 is 14.2 Å². The Morgan fingerprint density at radius 2 is 1.59 bits per heavy atom. The van der Waals surface area contributed by atoms with Crippen molar-refractivity contribution in [1.82, 2.24) is 0 Å². The summed E-state index contributed by atoms with van der Waals surface area (Å²) in [6.45, 7) is 3.98. The van der Waals surface area contributed by atoms with Crippen LogP contribution in [0, 0.1) is 5.41 Å². The summed E-state index contributed by atoms with van der Waals surface area (Å²) in [6, 6.07) is 9.34. The van der Waals surface area contributed by atoms with Crippen molar-refractivity contribution in [2.24, 2.45) is 11.1 Å². The molecule has 0 spiro atoms. The molecule has 1 aromatic rings. The maximum absolute atomic E-state index is 6.21. The summed E-state index contributed by atoms with van der Waals surface area (Å²) in [5.74, 6) is -1.10. The molecule has 3 saturated heterocycles. The van der Waals surface area contributed by atoms with Gasteiger partial charge in [-0.25, -0.2) is 0 Å². The van der Waals surface area contributed by atoms with Gasteiger partial charge in [-0.3, -0.25) is 0 Å². The van der Waals surface area contributed by atoms with Crippen molar-refractivity contribution in [3.8, 4) is 0 Å². The fourth-order valence-corrected chi connectivity index (χ4v) is 2.21. The van der Waals surface area contributed by atoms with Gasteiger partial charge in [0.05, 0.1) is 19.8 Å². The molecule has 2 N–H and O–H groups in total. The summed E-state index contributed by atoms with van der Waals surface area (Å²) in [5, 5.41) is 0. The van der Waals surface area contributed by atoms with E-state index in [1.165, 1.54) is 0 Å². The van der Waals surface area contributed by atoms with Crippen LogP contribution in [0.3, 0.4) is 0 Å². The van der Waals surface area contributed by atoms with Crippen LogP contribution in [-0.4, -0.2) is 25.8 Å². The Bertz CT molecular complexity index is 382. The van der Waals surface area contributed by atoms with E-state index in [1.54, 1.807) is 0 Å². The van der Waals surface area contributed by atoms with Crippen LogP contribution >= 0.6 is 0 Å². The van der Waals surface area contributed by atoms with E-state index >= 15 is 0 Å². The van der Waals surface area contributed by atoms with E-state index < -0.39 is 12.0 Å². The second-order valence-corrected chi connectivity index (χ2v) is 5.17. The number of hydrogen-bond acceptors (Lipinski definition) is 4. The Labute approximate surface area is 101 Å². The molecule has 3 aliphatic rings. The summed E-state index contributed by atoms with van der Waals surface area (Å²) >= 11 is 0. The summed E-state index contributed by atoms with van der Waals surface area (Å²) in [6.07, 6.45) is 0. The first kappa shape index (κ1) is 11.2. The molecule has 1 aromatic carbocycles. The highest BCUT2D eigenvalue weighted by Gasteiger charge is 2.54. The minimum atomic E-state index is -1.10. The van der Waals surface area contributed by atoms with Crippen LogP contribution in [0.5, 0.6) is 0 Å². The largest absolute Gasteiger partial charge is 0.325 e. The first-order chi connectivity index (χ1) is 8.14. The van der Waals surface area contributed by atoms with Gasteiger partial charge >= 0.3 is 5.97 Å². The Morgan fingerprint density at radius 1 is 1.06 bits per heavy atom. The molecule has 17 heavy (non-hydrogen) atoms. The maximum atomic E-state index is 6.21. The Morgan fingerprint density at radius 3 is 2.12 bits per heavy atom. The minimum absolute atomic E-state index is 0.0296. The quantitative estimate of drug-likeness (QED) is 0.842. The third-order valence-corrected chi connectivity index (χ3v) is 3.41. The molecule has 0 radical (unpaired) electrons. The molecule has 1 atom stereocenters. The van der Waals surface area contributed by atoms with Gasteiger partial charge in [0.2, 0.25) is 0 Å². The molecule has 0 saturated carbocycles. The number of ether oxygens (including phenoxy) is 3. The fraction of sp³-hybridized carbons (Fsp3) is 0.538. The highest BCUT2D eigenvalue weighted by molar-refractivity contribution is 5.20. The van der Waals surface area contributed by atoms with Crippen molar-refractivity contribution in [3.05, 3.63) is 35.9 Å². The summed E-state index contributed by atoms with van der Waals surface area (Å²) in [5.41, 5.74) is 7.13. The molecule has 2 bridgehead atoms. The van der Waals surface area contributed by atoms with E-state index in [2.05, 4.69) is 6.92 Å². The van der Waals surface area contributed by atoms with Crippen molar-refractivity contribution >= 4 is 0 Å². The van der Waals surface area contributed by atoms with Crippen LogP contribution in [0.2, 0.25) is 0 Å². The van der Waals surface area contributed by atoms with Crippen LogP contribution < -0.4 is 5.73 Å². The lowest BCUT2D eigenvalue weighted by molar-refractivity contribution is -0.473. The molecule has 0 aliphatic carbocycles. The molecule has 4 nitrogen and oxygen atoms in total.